The van der Waals surface area contributed by atoms with Crippen LogP contribution in [0.3, 0.4) is 0 Å². The van der Waals surface area contributed by atoms with Gasteiger partial charge in [-0.2, -0.15) is 0 Å². The number of nitrogens with zero attached hydrogens (tertiary/aromatic N) is 1. The molecule has 0 aliphatic heterocycles. The maximum atomic E-state index is 11.4. The first-order valence-corrected chi connectivity index (χ1v) is 4.34. The Morgan fingerprint density at radius 3 is 3.00 bits per heavy atom. The molecule has 0 aliphatic rings. The molecule has 74 valence electrons. The van der Waals surface area contributed by atoms with Crippen molar-refractivity contribution in [3.05, 3.63) is 36.7 Å². The number of hydrogen-bond acceptors (Lipinski definition) is 3. The molecule has 0 spiro atoms. The van der Waals surface area contributed by atoms with Crippen LogP contribution in [0, 0.1) is 0 Å². The van der Waals surface area contributed by atoms with Gasteiger partial charge in [0, 0.05) is 6.54 Å². The van der Waals surface area contributed by atoms with E-state index in [0.29, 0.717) is 17.9 Å². The fourth-order valence-electron chi connectivity index (χ4n) is 0.918. The van der Waals surface area contributed by atoms with Crippen molar-refractivity contribution in [2.75, 3.05) is 12.3 Å². The molecule has 0 fully saturated rings. The monoisotopic (exact) mass is 191 g/mol. The van der Waals surface area contributed by atoms with Crippen LogP contribution in [-0.4, -0.2) is 17.4 Å². The van der Waals surface area contributed by atoms with Crippen LogP contribution in [0.1, 0.15) is 16.9 Å². The van der Waals surface area contributed by atoms with E-state index in [1.54, 1.807) is 18.2 Å². The first-order chi connectivity index (χ1) is 6.74. The molecule has 0 aromatic carbocycles. The lowest BCUT2D eigenvalue weighted by atomic mass is 10.3. The van der Waals surface area contributed by atoms with Gasteiger partial charge in [-0.3, -0.25) is 4.79 Å². The summed E-state index contributed by atoms with van der Waals surface area (Å²) in [4.78, 5) is 15.3. The molecular formula is C10H13N3O. The number of anilines is 1. The topological polar surface area (TPSA) is 68.0 Å². The number of nitrogens with two attached hydrogens (primary N) is 1. The van der Waals surface area contributed by atoms with Gasteiger partial charge >= 0.3 is 0 Å². The normalized spacial score (nSPS) is 9.43. The second kappa shape index (κ2) is 5.01. The number of aromatic nitrogens is 1. The highest BCUT2D eigenvalue weighted by atomic mass is 16.1. The van der Waals surface area contributed by atoms with E-state index in [1.165, 1.54) is 6.20 Å². The van der Waals surface area contributed by atoms with E-state index in [-0.39, 0.29) is 5.91 Å². The van der Waals surface area contributed by atoms with Crippen LogP contribution in [-0.2, 0) is 0 Å². The second-order valence-corrected chi connectivity index (χ2v) is 2.81. The summed E-state index contributed by atoms with van der Waals surface area (Å²) in [6.07, 6.45) is 3.96. The van der Waals surface area contributed by atoms with Crippen LogP contribution in [0.5, 0.6) is 0 Å². The molecule has 1 aromatic rings. The number of carbonyl (C=O) groups is 1. The molecule has 0 aliphatic carbocycles. The van der Waals surface area contributed by atoms with E-state index < -0.39 is 0 Å². The van der Waals surface area contributed by atoms with Crippen LogP contribution in [0.4, 0.5) is 5.69 Å². The van der Waals surface area contributed by atoms with Crippen molar-refractivity contribution >= 4 is 11.6 Å². The summed E-state index contributed by atoms with van der Waals surface area (Å²) in [5.41, 5.74) is 6.37. The molecule has 0 unspecified atom stereocenters. The van der Waals surface area contributed by atoms with Crippen molar-refractivity contribution in [3.8, 4) is 0 Å². The Kier molecular flexibility index (Phi) is 3.67. The maximum absolute atomic E-state index is 11.4. The number of nitrogen functional groups attached to an aromatic ring is 1. The van der Waals surface area contributed by atoms with Gasteiger partial charge < -0.3 is 11.1 Å². The van der Waals surface area contributed by atoms with Crippen molar-refractivity contribution in [3.63, 3.8) is 0 Å². The molecule has 0 saturated carbocycles. The Bertz CT molecular complexity index is 319. The zero-order valence-electron chi connectivity index (χ0n) is 7.86. The first-order valence-electron chi connectivity index (χ1n) is 4.34. The van der Waals surface area contributed by atoms with E-state index in [0.717, 1.165) is 6.42 Å². The highest BCUT2D eigenvalue weighted by Gasteiger charge is 2.04. The summed E-state index contributed by atoms with van der Waals surface area (Å²) in [6.45, 7) is 4.14. The quantitative estimate of drug-likeness (QED) is 0.550. The number of carbonyl (C=O) groups excluding carboxylic acids is 1. The summed E-state index contributed by atoms with van der Waals surface area (Å²) < 4.78 is 0. The third-order valence-corrected chi connectivity index (χ3v) is 1.65. The summed E-state index contributed by atoms with van der Waals surface area (Å²) in [6, 6.07) is 3.24. The number of pyridine rings is 1. The van der Waals surface area contributed by atoms with Crippen molar-refractivity contribution in [2.24, 2.45) is 0 Å². The number of nitrogens with one attached hydrogen (secondary N) is 1. The molecular weight excluding hydrogens is 178 g/mol. The fourth-order valence-corrected chi connectivity index (χ4v) is 0.918. The Balaban J connectivity index is 2.52. The van der Waals surface area contributed by atoms with Gasteiger partial charge in [0.25, 0.3) is 5.91 Å². The van der Waals surface area contributed by atoms with Gasteiger partial charge in [-0.1, -0.05) is 6.08 Å². The lowest BCUT2D eigenvalue weighted by molar-refractivity contribution is 0.0949. The van der Waals surface area contributed by atoms with E-state index in [9.17, 15) is 4.79 Å². The fraction of sp³-hybridized carbons (Fsp3) is 0.200. The predicted octanol–water partition coefficient (Wildman–Crippen LogP) is 0.970. The third-order valence-electron chi connectivity index (χ3n) is 1.65. The minimum Gasteiger partial charge on any atom is -0.397 e. The highest BCUT2D eigenvalue weighted by molar-refractivity contribution is 5.92. The Hall–Kier alpha value is -1.84. The van der Waals surface area contributed by atoms with Gasteiger partial charge in [0.05, 0.1) is 11.9 Å². The molecule has 1 rings (SSSR count). The van der Waals surface area contributed by atoms with Crippen LogP contribution in [0.2, 0.25) is 0 Å². The molecule has 1 amide bonds. The van der Waals surface area contributed by atoms with Crippen molar-refractivity contribution in [2.45, 2.75) is 6.42 Å². The molecule has 14 heavy (non-hydrogen) atoms. The minimum atomic E-state index is -0.188. The van der Waals surface area contributed by atoms with Crippen molar-refractivity contribution in [1.82, 2.24) is 10.3 Å². The number of rotatable bonds is 4. The SMILES string of the molecule is C=CCCNC(=O)c1ccc(N)cn1. The van der Waals surface area contributed by atoms with Gasteiger partial charge in [0.2, 0.25) is 0 Å². The lowest BCUT2D eigenvalue weighted by Crippen LogP contribution is -2.24. The Morgan fingerprint density at radius 1 is 1.64 bits per heavy atom. The van der Waals surface area contributed by atoms with E-state index >= 15 is 0 Å². The maximum Gasteiger partial charge on any atom is 0.269 e. The Morgan fingerprint density at radius 2 is 2.43 bits per heavy atom. The first kappa shape index (κ1) is 10.2. The molecule has 0 bridgehead atoms. The smallest absolute Gasteiger partial charge is 0.269 e. The highest BCUT2D eigenvalue weighted by Crippen LogP contribution is 2.00. The van der Waals surface area contributed by atoms with Crippen LogP contribution < -0.4 is 11.1 Å². The Labute approximate surface area is 82.8 Å². The zero-order valence-corrected chi connectivity index (χ0v) is 7.86. The average molecular weight is 191 g/mol. The van der Waals surface area contributed by atoms with E-state index in [2.05, 4.69) is 16.9 Å². The second-order valence-electron chi connectivity index (χ2n) is 2.81. The third kappa shape index (κ3) is 2.90. The average Bonchev–Trinajstić information content (AvgIpc) is 2.19. The molecule has 1 heterocycles. The van der Waals surface area contributed by atoms with Gasteiger partial charge in [0.15, 0.2) is 0 Å². The van der Waals surface area contributed by atoms with Crippen molar-refractivity contribution in [1.29, 1.82) is 0 Å². The molecule has 0 saturated heterocycles. The summed E-state index contributed by atoms with van der Waals surface area (Å²) >= 11 is 0. The summed E-state index contributed by atoms with van der Waals surface area (Å²) in [7, 11) is 0. The largest absolute Gasteiger partial charge is 0.397 e. The van der Waals surface area contributed by atoms with Gasteiger partial charge in [-0.05, 0) is 18.6 Å². The van der Waals surface area contributed by atoms with Crippen LogP contribution in [0.25, 0.3) is 0 Å². The molecule has 4 nitrogen and oxygen atoms in total. The van der Waals surface area contributed by atoms with Crippen molar-refractivity contribution < 1.29 is 4.79 Å². The summed E-state index contributed by atoms with van der Waals surface area (Å²) in [5.74, 6) is -0.188. The van der Waals surface area contributed by atoms with Gasteiger partial charge in [-0.15, -0.1) is 6.58 Å². The molecule has 4 heteroatoms. The van der Waals surface area contributed by atoms with Gasteiger partial charge in [-0.25, -0.2) is 4.98 Å². The number of amides is 1. The van der Waals surface area contributed by atoms with Crippen LogP contribution in [0.15, 0.2) is 31.0 Å². The minimum absolute atomic E-state index is 0.188. The standard InChI is InChI=1S/C10H13N3O/c1-2-3-6-12-10(14)9-5-4-8(11)7-13-9/h2,4-5,7H,1,3,6,11H2,(H,12,14). The van der Waals surface area contributed by atoms with Gasteiger partial charge in [0.1, 0.15) is 5.69 Å². The van der Waals surface area contributed by atoms with E-state index in [4.69, 9.17) is 5.73 Å². The number of hydrogen-bond donors (Lipinski definition) is 2. The molecule has 3 N–H and O–H groups in total. The summed E-state index contributed by atoms with van der Waals surface area (Å²) in [5, 5.41) is 2.71. The molecule has 1 aromatic heterocycles. The molecule has 0 radical (unpaired) electrons. The van der Waals surface area contributed by atoms with E-state index in [1.807, 2.05) is 0 Å². The molecule has 0 atom stereocenters. The predicted molar refractivity (Wildman–Crippen MR) is 55.8 cm³/mol. The zero-order chi connectivity index (χ0) is 10.4. The van der Waals surface area contributed by atoms with Crippen LogP contribution >= 0.6 is 0 Å². The lowest BCUT2D eigenvalue weighted by Gasteiger charge is -2.02.